The zero-order valence-corrected chi connectivity index (χ0v) is 19.2. The summed E-state index contributed by atoms with van der Waals surface area (Å²) in [6.07, 6.45) is 7.88. The van der Waals surface area contributed by atoms with Gasteiger partial charge in [0.15, 0.2) is 22.6 Å². The van der Waals surface area contributed by atoms with Gasteiger partial charge in [-0.1, -0.05) is 42.3 Å². The lowest BCUT2D eigenvalue weighted by Gasteiger charge is -2.23. The van der Waals surface area contributed by atoms with Crippen LogP contribution in [0.1, 0.15) is 50.1 Å². The lowest BCUT2D eigenvalue weighted by Crippen LogP contribution is -2.14. The van der Waals surface area contributed by atoms with Crippen molar-refractivity contribution in [2.45, 2.75) is 39.2 Å². The summed E-state index contributed by atoms with van der Waals surface area (Å²) < 4.78 is 23.2. The Bertz CT molecular complexity index is 1300. The smallest absolute Gasteiger partial charge is 0.159 e. The molecule has 0 fully saturated rings. The van der Waals surface area contributed by atoms with Gasteiger partial charge in [-0.15, -0.1) is 0 Å². The number of ether oxygens (including phenoxy) is 1. The molecule has 1 aromatic carbocycles. The van der Waals surface area contributed by atoms with Crippen molar-refractivity contribution in [2.75, 3.05) is 5.73 Å². The highest BCUT2D eigenvalue weighted by atomic mass is 35.5. The first-order valence-electron chi connectivity index (χ1n) is 10.1. The molecule has 0 amide bonds. The molecule has 4 rings (SSSR count). The normalized spacial score (nSPS) is 14.8. The van der Waals surface area contributed by atoms with Crippen LogP contribution in [-0.2, 0) is 4.79 Å². The maximum Gasteiger partial charge on any atom is 0.159 e. The highest BCUT2D eigenvalue weighted by Crippen LogP contribution is 2.43. The van der Waals surface area contributed by atoms with Crippen LogP contribution in [0, 0.1) is 5.82 Å². The number of ketones is 1. The lowest BCUT2D eigenvalue weighted by molar-refractivity contribution is -0.113. The first-order valence-corrected chi connectivity index (χ1v) is 10.8. The van der Waals surface area contributed by atoms with Crippen molar-refractivity contribution in [3.63, 3.8) is 0 Å². The molecule has 2 heterocycles. The molecule has 0 saturated carbocycles. The Balaban J connectivity index is 1.96. The molecule has 0 aliphatic heterocycles. The quantitative estimate of drug-likeness (QED) is 0.519. The van der Waals surface area contributed by atoms with E-state index < -0.39 is 11.7 Å². The number of allylic oxidation sites excluding steroid dienone is 4. The molecule has 3 aromatic rings. The van der Waals surface area contributed by atoms with Gasteiger partial charge >= 0.3 is 0 Å². The monoisotopic (exact) mass is 474 g/mol. The first kappa shape index (κ1) is 22.3. The van der Waals surface area contributed by atoms with E-state index in [9.17, 15) is 4.79 Å². The number of aromatic nitrogens is 3. The minimum Gasteiger partial charge on any atom is -0.490 e. The number of fused-ring (bicyclic) bond motifs is 1. The van der Waals surface area contributed by atoms with E-state index in [1.807, 2.05) is 20.8 Å². The lowest BCUT2D eigenvalue weighted by atomic mass is 9.91. The van der Waals surface area contributed by atoms with Gasteiger partial charge in [0.1, 0.15) is 17.1 Å². The average molecular weight is 475 g/mol. The van der Waals surface area contributed by atoms with Gasteiger partial charge in [0.05, 0.1) is 16.7 Å². The number of nitrogen functional groups attached to an aromatic ring is 1. The van der Waals surface area contributed by atoms with Gasteiger partial charge in [-0.3, -0.25) is 9.20 Å². The van der Waals surface area contributed by atoms with Crippen LogP contribution in [0.2, 0.25) is 10.2 Å². The Morgan fingerprint density at radius 1 is 1.25 bits per heavy atom. The summed E-state index contributed by atoms with van der Waals surface area (Å²) in [7, 11) is 0. The Morgan fingerprint density at radius 2 is 2.00 bits per heavy atom. The molecule has 32 heavy (non-hydrogen) atoms. The maximum absolute atomic E-state index is 15.3. The predicted octanol–water partition coefficient (Wildman–Crippen LogP) is 5.61. The van der Waals surface area contributed by atoms with E-state index in [0.717, 1.165) is 0 Å². The van der Waals surface area contributed by atoms with Gasteiger partial charge in [0, 0.05) is 30.3 Å². The standard InChI is InChI=1S/C23H21Cl2FN4O2/c1-11(2)32-20-15(10-16(24)18(26)17(20)13-4-6-14(31)7-5-13)12(3)23-29-21(25)19-22(27)28-8-9-30(19)23/h4-6,8-12H,7H2,1-3H3,(H2,27,28). The van der Waals surface area contributed by atoms with Crippen LogP contribution in [0.5, 0.6) is 5.75 Å². The fraction of sp³-hybridized carbons (Fsp3) is 0.261. The average Bonchev–Trinajstić information content (AvgIpc) is 3.09. The van der Waals surface area contributed by atoms with Crippen LogP contribution in [0.15, 0.2) is 36.7 Å². The molecule has 0 radical (unpaired) electrons. The number of hydrogen-bond donors (Lipinski definition) is 1. The van der Waals surface area contributed by atoms with Crippen molar-refractivity contribution in [1.82, 2.24) is 14.4 Å². The number of imidazole rings is 1. The fourth-order valence-electron chi connectivity index (χ4n) is 3.77. The summed E-state index contributed by atoms with van der Waals surface area (Å²) in [5, 5.41) is 0.158. The molecule has 6 nitrogen and oxygen atoms in total. The summed E-state index contributed by atoms with van der Waals surface area (Å²) in [6, 6.07) is 1.54. The third kappa shape index (κ3) is 3.87. The minimum atomic E-state index is -0.608. The van der Waals surface area contributed by atoms with Gasteiger partial charge in [0.25, 0.3) is 0 Å². The molecular formula is C23H21Cl2FN4O2. The summed E-state index contributed by atoms with van der Waals surface area (Å²) in [4.78, 5) is 20.2. The number of nitrogens with two attached hydrogens (primary N) is 1. The molecule has 1 atom stereocenters. The van der Waals surface area contributed by atoms with E-state index in [0.29, 0.717) is 28.2 Å². The Labute approximate surface area is 194 Å². The number of benzene rings is 1. The van der Waals surface area contributed by atoms with E-state index in [4.69, 9.17) is 33.7 Å². The van der Waals surface area contributed by atoms with E-state index >= 15 is 4.39 Å². The number of halogens is 3. The zero-order valence-electron chi connectivity index (χ0n) is 17.7. The van der Waals surface area contributed by atoms with Crippen LogP contribution in [-0.4, -0.2) is 26.3 Å². The Morgan fingerprint density at radius 3 is 2.66 bits per heavy atom. The van der Waals surface area contributed by atoms with Crippen molar-refractivity contribution in [3.05, 3.63) is 69.6 Å². The van der Waals surface area contributed by atoms with Crippen molar-refractivity contribution in [2.24, 2.45) is 0 Å². The van der Waals surface area contributed by atoms with Crippen LogP contribution < -0.4 is 10.5 Å². The molecule has 9 heteroatoms. The number of nitrogens with zero attached hydrogens (tertiary/aromatic N) is 3. The van der Waals surface area contributed by atoms with Gasteiger partial charge < -0.3 is 10.5 Å². The minimum absolute atomic E-state index is 0.0548. The third-order valence-corrected chi connectivity index (χ3v) is 5.77. The number of anilines is 1. The fourth-order valence-corrected chi connectivity index (χ4v) is 4.26. The predicted molar refractivity (Wildman–Crippen MR) is 124 cm³/mol. The molecule has 2 N–H and O–H groups in total. The number of carbonyl (C=O) groups excluding carboxylic acids is 1. The van der Waals surface area contributed by atoms with Crippen molar-refractivity contribution in [3.8, 4) is 5.75 Å². The summed E-state index contributed by atoms with van der Waals surface area (Å²) >= 11 is 12.7. The van der Waals surface area contributed by atoms with Gasteiger partial charge in [-0.25, -0.2) is 14.4 Å². The molecule has 0 spiro atoms. The van der Waals surface area contributed by atoms with Crippen molar-refractivity contribution in [1.29, 1.82) is 0 Å². The van der Waals surface area contributed by atoms with Gasteiger partial charge in [0.2, 0.25) is 0 Å². The van der Waals surface area contributed by atoms with Crippen molar-refractivity contribution >= 4 is 45.9 Å². The van der Waals surface area contributed by atoms with Crippen LogP contribution >= 0.6 is 23.2 Å². The molecule has 2 aromatic heterocycles. The molecule has 1 aliphatic carbocycles. The Kier molecular flexibility index (Phi) is 5.97. The van der Waals surface area contributed by atoms with Crippen LogP contribution in [0.3, 0.4) is 0 Å². The zero-order chi connectivity index (χ0) is 23.2. The molecule has 1 aliphatic rings. The molecule has 0 saturated heterocycles. The molecule has 1 unspecified atom stereocenters. The van der Waals surface area contributed by atoms with Gasteiger partial charge in [-0.05, 0) is 31.6 Å². The highest BCUT2D eigenvalue weighted by molar-refractivity contribution is 6.33. The number of rotatable bonds is 5. The molecule has 166 valence electrons. The van der Waals surface area contributed by atoms with Crippen molar-refractivity contribution < 1.29 is 13.9 Å². The topological polar surface area (TPSA) is 82.5 Å². The second-order valence-corrected chi connectivity index (χ2v) is 8.57. The second kappa shape index (κ2) is 8.56. The largest absolute Gasteiger partial charge is 0.490 e. The summed E-state index contributed by atoms with van der Waals surface area (Å²) in [5.41, 5.74) is 7.86. The van der Waals surface area contributed by atoms with Gasteiger partial charge in [-0.2, -0.15) is 0 Å². The molecule has 0 bridgehead atoms. The van der Waals surface area contributed by atoms with E-state index in [1.54, 1.807) is 35.0 Å². The summed E-state index contributed by atoms with van der Waals surface area (Å²) in [5.74, 6) is 0.113. The Hall–Kier alpha value is -2.90. The van der Waals surface area contributed by atoms with E-state index in [-0.39, 0.29) is 39.9 Å². The third-order valence-electron chi connectivity index (χ3n) is 5.24. The molecular weight excluding hydrogens is 454 g/mol. The number of carbonyl (C=O) groups is 1. The SMILES string of the molecule is CC(C)Oc1c(C(C)c2nc(Cl)c3c(N)nccn23)cc(Cl)c(F)c1C1=CCC(=O)C=C1. The van der Waals surface area contributed by atoms with E-state index in [2.05, 4.69) is 9.97 Å². The first-order chi connectivity index (χ1) is 15.2. The maximum atomic E-state index is 15.3. The highest BCUT2D eigenvalue weighted by Gasteiger charge is 2.28. The van der Waals surface area contributed by atoms with Crippen LogP contribution in [0.25, 0.3) is 11.1 Å². The summed E-state index contributed by atoms with van der Waals surface area (Å²) in [6.45, 7) is 5.61. The van der Waals surface area contributed by atoms with E-state index in [1.165, 1.54) is 6.08 Å². The number of hydrogen-bond acceptors (Lipinski definition) is 5. The van der Waals surface area contributed by atoms with Crippen LogP contribution in [0.4, 0.5) is 10.2 Å². The second-order valence-electron chi connectivity index (χ2n) is 7.81.